The summed E-state index contributed by atoms with van der Waals surface area (Å²) in [5, 5.41) is 0. The zero-order chi connectivity index (χ0) is 8.44. The van der Waals surface area contributed by atoms with E-state index in [1.54, 1.807) is 0 Å². The van der Waals surface area contributed by atoms with E-state index in [2.05, 4.69) is 6.92 Å². The molecule has 2 aliphatic rings. The summed E-state index contributed by atoms with van der Waals surface area (Å²) in [4.78, 5) is 0. The number of rotatable bonds is 1. The highest BCUT2D eigenvalue weighted by Gasteiger charge is 2.38. The molecule has 1 aliphatic heterocycles. The first-order valence-electron chi connectivity index (χ1n) is 5.45. The summed E-state index contributed by atoms with van der Waals surface area (Å²) < 4.78 is 5.88. The van der Waals surface area contributed by atoms with E-state index in [4.69, 9.17) is 4.74 Å². The van der Waals surface area contributed by atoms with E-state index in [9.17, 15) is 0 Å². The van der Waals surface area contributed by atoms with Crippen LogP contribution in [0.5, 0.6) is 0 Å². The Morgan fingerprint density at radius 1 is 1.08 bits per heavy atom. The molecule has 1 saturated heterocycles. The molecule has 1 nitrogen and oxygen atoms in total. The molecule has 2 fully saturated rings. The van der Waals surface area contributed by atoms with Crippen molar-refractivity contribution < 1.29 is 4.74 Å². The normalized spacial score (nSPS) is 38.8. The Kier molecular flexibility index (Phi) is 2.40. The van der Waals surface area contributed by atoms with Gasteiger partial charge >= 0.3 is 0 Å². The molecule has 70 valence electrons. The second-order valence-electron chi connectivity index (χ2n) is 4.60. The van der Waals surface area contributed by atoms with Crippen molar-refractivity contribution in [3.05, 3.63) is 0 Å². The molecule has 0 N–H and O–H groups in total. The monoisotopic (exact) mass is 168 g/mol. The molecule has 0 unspecified atom stereocenters. The van der Waals surface area contributed by atoms with Crippen molar-refractivity contribution in [1.82, 2.24) is 0 Å². The maximum atomic E-state index is 5.88. The second kappa shape index (κ2) is 3.37. The lowest BCUT2D eigenvalue weighted by atomic mass is 9.76. The van der Waals surface area contributed by atoms with Crippen LogP contribution >= 0.6 is 0 Å². The minimum absolute atomic E-state index is 0.264. The van der Waals surface area contributed by atoms with Crippen LogP contribution in [-0.2, 0) is 4.74 Å². The topological polar surface area (TPSA) is 9.23 Å². The van der Waals surface area contributed by atoms with E-state index in [-0.39, 0.29) is 5.60 Å². The third-order valence-electron chi connectivity index (χ3n) is 3.72. The van der Waals surface area contributed by atoms with Crippen molar-refractivity contribution in [2.45, 2.75) is 57.5 Å². The minimum Gasteiger partial charge on any atom is -0.375 e. The maximum Gasteiger partial charge on any atom is 0.0683 e. The van der Waals surface area contributed by atoms with Gasteiger partial charge in [-0.2, -0.15) is 0 Å². The molecular formula is C11H20O. The fraction of sp³-hybridized carbons (Fsp3) is 1.00. The molecule has 0 aromatic rings. The largest absolute Gasteiger partial charge is 0.375 e. The van der Waals surface area contributed by atoms with Crippen LogP contribution in [0.2, 0.25) is 0 Å². The average molecular weight is 168 g/mol. The van der Waals surface area contributed by atoms with Crippen molar-refractivity contribution in [2.75, 3.05) is 6.61 Å². The molecule has 12 heavy (non-hydrogen) atoms. The molecule has 0 spiro atoms. The summed E-state index contributed by atoms with van der Waals surface area (Å²) in [5.74, 6) is 0.869. The zero-order valence-corrected chi connectivity index (χ0v) is 8.14. The van der Waals surface area contributed by atoms with Crippen LogP contribution in [0, 0.1) is 5.92 Å². The SMILES string of the molecule is C[C@@]1(C2CCCCC2)CCCO1. The molecule has 0 aromatic carbocycles. The molecule has 0 aromatic heterocycles. The fourth-order valence-electron chi connectivity index (χ4n) is 2.84. The van der Waals surface area contributed by atoms with Gasteiger partial charge in [-0.05, 0) is 38.5 Å². The molecule has 1 aliphatic carbocycles. The van der Waals surface area contributed by atoms with Crippen molar-refractivity contribution >= 4 is 0 Å². The van der Waals surface area contributed by atoms with E-state index in [0.717, 1.165) is 12.5 Å². The van der Waals surface area contributed by atoms with Gasteiger partial charge in [-0.1, -0.05) is 19.3 Å². The van der Waals surface area contributed by atoms with E-state index < -0.39 is 0 Å². The Hall–Kier alpha value is -0.0400. The Morgan fingerprint density at radius 3 is 2.42 bits per heavy atom. The van der Waals surface area contributed by atoms with Gasteiger partial charge in [0.25, 0.3) is 0 Å². The number of hydrogen-bond acceptors (Lipinski definition) is 1. The van der Waals surface area contributed by atoms with Gasteiger partial charge in [-0.3, -0.25) is 0 Å². The lowest BCUT2D eigenvalue weighted by Crippen LogP contribution is -2.35. The number of ether oxygens (including phenoxy) is 1. The second-order valence-corrected chi connectivity index (χ2v) is 4.60. The van der Waals surface area contributed by atoms with Crippen LogP contribution < -0.4 is 0 Å². The maximum absolute atomic E-state index is 5.88. The van der Waals surface area contributed by atoms with E-state index in [1.807, 2.05) is 0 Å². The molecule has 1 atom stereocenters. The number of hydrogen-bond donors (Lipinski definition) is 0. The van der Waals surface area contributed by atoms with Gasteiger partial charge in [0.1, 0.15) is 0 Å². The van der Waals surface area contributed by atoms with E-state index >= 15 is 0 Å². The molecule has 0 radical (unpaired) electrons. The van der Waals surface area contributed by atoms with Crippen molar-refractivity contribution in [3.8, 4) is 0 Å². The standard InChI is InChI=1S/C11H20O/c1-11(8-5-9-12-11)10-6-3-2-4-7-10/h10H,2-9H2,1H3/t11-/m0/s1. The van der Waals surface area contributed by atoms with Gasteiger partial charge in [0.05, 0.1) is 5.60 Å². The third-order valence-corrected chi connectivity index (χ3v) is 3.72. The molecule has 1 heteroatoms. The van der Waals surface area contributed by atoms with Gasteiger partial charge < -0.3 is 4.74 Å². The summed E-state index contributed by atoms with van der Waals surface area (Å²) in [6.07, 6.45) is 9.73. The minimum atomic E-state index is 0.264. The summed E-state index contributed by atoms with van der Waals surface area (Å²) in [7, 11) is 0. The highest BCUT2D eigenvalue weighted by Crippen LogP contribution is 2.40. The molecule has 1 heterocycles. The van der Waals surface area contributed by atoms with Gasteiger partial charge in [0.2, 0.25) is 0 Å². The van der Waals surface area contributed by atoms with Gasteiger partial charge in [0, 0.05) is 6.61 Å². The van der Waals surface area contributed by atoms with Crippen molar-refractivity contribution in [2.24, 2.45) is 5.92 Å². The first-order chi connectivity index (χ1) is 5.81. The van der Waals surface area contributed by atoms with Crippen molar-refractivity contribution in [3.63, 3.8) is 0 Å². The first kappa shape index (κ1) is 8.55. The summed E-state index contributed by atoms with van der Waals surface area (Å²) >= 11 is 0. The lowest BCUT2D eigenvalue weighted by molar-refractivity contribution is -0.0407. The van der Waals surface area contributed by atoms with Crippen LogP contribution in [-0.4, -0.2) is 12.2 Å². The molecule has 2 rings (SSSR count). The molecule has 0 amide bonds. The average Bonchev–Trinajstić information content (AvgIpc) is 2.55. The van der Waals surface area contributed by atoms with Crippen LogP contribution in [0.4, 0.5) is 0 Å². The summed E-state index contributed by atoms with van der Waals surface area (Å²) in [6.45, 7) is 3.34. The molecular weight excluding hydrogens is 148 g/mol. The Balaban J connectivity index is 1.96. The Labute approximate surface area is 75.5 Å². The van der Waals surface area contributed by atoms with Crippen molar-refractivity contribution in [1.29, 1.82) is 0 Å². The van der Waals surface area contributed by atoms with Gasteiger partial charge in [-0.25, -0.2) is 0 Å². The highest BCUT2D eigenvalue weighted by molar-refractivity contribution is 4.88. The molecule has 0 bridgehead atoms. The van der Waals surface area contributed by atoms with E-state index in [0.29, 0.717) is 0 Å². The first-order valence-corrected chi connectivity index (χ1v) is 5.45. The predicted molar refractivity (Wildman–Crippen MR) is 50.2 cm³/mol. The van der Waals surface area contributed by atoms with Gasteiger partial charge in [-0.15, -0.1) is 0 Å². The van der Waals surface area contributed by atoms with Crippen LogP contribution in [0.25, 0.3) is 0 Å². The lowest BCUT2D eigenvalue weighted by Gasteiger charge is -2.35. The van der Waals surface area contributed by atoms with Crippen LogP contribution in [0.1, 0.15) is 51.9 Å². The van der Waals surface area contributed by atoms with Crippen LogP contribution in [0.3, 0.4) is 0 Å². The van der Waals surface area contributed by atoms with Gasteiger partial charge in [0.15, 0.2) is 0 Å². The summed E-state index contributed by atoms with van der Waals surface area (Å²) in [5.41, 5.74) is 0.264. The third kappa shape index (κ3) is 1.52. The fourth-order valence-corrected chi connectivity index (χ4v) is 2.84. The highest BCUT2D eigenvalue weighted by atomic mass is 16.5. The molecule has 1 saturated carbocycles. The smallest absolute Gasteiger partial charge is 0.0683 e. The predicted octanol–water partition coefficient (Wildman–Crippen LogP) is 3.14. The Morgan fingerprint density at radius 2 is 1.83 bits per heavy atom. The quantitative estimate of drug-likeness (QED) is 0.584. The zero-order valence-electron chi connectivity index (χ0n) is 8.14. The van der Waals surface area contributed by atoms with Crippen LogP contribution in [0.15, 0.2) is 0 Å². The Bertz CT molecular complexity index is 141. The summed E-state index contributed by atoms with van der Waals surface area (Å²) in [6, 6.07) is 0. The van der Waals surface area contributed by atoms with E-state index in [1.165, 1.54) is 44.9 Å².